The van der Waals surface area contributed by atoms with Crippen molar-refractivity contribution in [3.05, 3.63) is 35.7 Å². The highest BCUT2D eigenvalue weighted by Crippen LogP contribution is 2.34. The van der Waals surface area contributed by atoms with Gasteiger partial charge in [-0.1, -0.05) is 59.5 Å². The molecule has 1 aliphatic carbocycles. The van der Waals surface area contributed by atoms with Crippen molar-refractivity contribution in [3.63, 3.8) is 0 Å². The van der Waals surface area contributed by atoms with Crippen molar-refractivity contribution in [2.45, 2.75) is 61.8 Å². The zero-order chi connectivity index (χ0) is 18.1. The molecule has 1 heterocycles. The molecule has 0 amide bonds. The lowest BCUT2D eigenvalue weighted by atomic mass is 9.87. The Bertz CT molecular complexity index is 684. The highest BCUT2D eigenvalue weighted by molar-refractivity contribution is 6.05. The maximum Gasteiger partial charge on any atom is 0.252 e. The van der Waals surface area contributed by atoms with E-state index in [4.69, 9.17) is 4.99 Å². The first-order chi connectivity index (χ1) is 11.1. The maximum absolute atomic E-state index is 4.88. The van der Waals surface area contributed by atoms with Gasteiger partial charge in [0.15, 0.2) is 0 Å². The fourth-order valence-electron chi connectivity index (χ4n) is 2.81. The van der Waals surface area contributed by atoms with Crippen molar-refractivity contribution >= 4 is 17.9 Å². The third-order valence-electron chi connectivity index (χ3n) is 4.22. The van der Waals surface area contributed by atoms with Crippen LogP contribution in [0.15, 0.2) is 45.7 Å². The van der Waals surface area contributed by atoms with Gasteiger partial charge in [0.2, 0.25) is 0 Å². The van der Waals surface area contributed by atoms with E-state index in [2.05, 4.69) is 70.2 Å². The Morgan fingerprint density at radius 1 is 1.17 bits per heavy atom. The summed E-state index contributed by atoms with van der Waals surface area (Å²) in [6.45, 7) is 17.6. The molecule has 24 heavy (non-hydrogen) atoms. The fraction of sp³-hybridized carbons (Fsp3) is 0.571. The van der Waals surface area contributed by atoms with Crippen molar-refractivity contribution in [1.29, 1.82) is 0 Å². The number of hydrogen-bond acceptors (Lipinski definition) is 2. The number of aliphatic imine (C=N–C) groups is 2. The Labute approximate surface area is 147 Å². The van der Waals surface area contributed by atoms with Crippen LogP contribution in [0.25, 0.3) is 0 Å². The van der Waals surface area contributed by atoms with E-state index < -0.39 is 0 Å². The van der Waals surface area contributed by atoms with Crippen LogP contribution in [0, 0.1) is 16.7 Å². The van der Waals surface area contributed by atoms with E-state index in [0.29, 0.717) is 5.92 Å². The van der Waals surface area contributed by atoms with Gasteiger partial charge in [-0.05, 0) is 31.6 Å². The summed E-state index contributed by atoms with van der Waals surface area (Å²) in [6.07, 6.45) is 11.4. The van der Waals surface area contributed by atoms with Crippen LogP contribution < -0.4 is 0 Å². The van der Waals surface area contributed by atoms with Gasteiger partial charge in [0.25, 0.3) is 11.7 Å². The molecule has 1 aliphatic heterocycles. The second kappa shape index (κ2) is 6.62. The molecule has 0 fully saturated rings. The summed E-state index contributed by atoms with van der Waals surface area (Å²) in [6, 6.07) is 0. The second-order valence-corrected chi connectivity index (χ2v) is 8.73. The van der Waals surface area contributed by atoms with Gasteiger partial charge in [0.1, 0.15) is 5.70 Å². The molecular formula is C21H32N3+. The monoisotopic (exact) mass is 326 g/mol. The SMILES string of the molecule is C/C=C\C=NC1=CC([N+]2=C(C(C)(C)C)N=C2C(C)(C)C)=CCC1C. The molecule has 0 radical (unpaired) electrons. The predicted octanol–water partition coefficient (Wildman–Crippen LogP) is 5.36. The molecule has 0 saturated carbocycles. The zero-order valence-electron chi connectivity index (χ0n) is 16.5. The molecule has 0 saturated heterocycles. The van der Waals surface area contributed by atoms with Gasteiger partial charge in [0, 0.05) is 17.8 Å². The van der Waals surface area contributed by atoms with E-state index in [1.165, 1.54) is 5.70 Å². The largest absolute Gasteiger partial charge is 0.261 e. The Morgan fingerprint density at radius 3 is 2.38 bits per heavy atom. The van der Waals surface area contributed by atoms with Gasteiger partial charge in [-0.2, -0.15) is 4.58 Å². The van der Waals surface area contributed by atoms with Crippen molar-refractivity contribution in [1.82, 2.24) is 0 Å². The third-order valence-corrected chi connectivity index (χ3v) is 4.22. The van der Waals surface area contributed by atoms with Crippen molar-refractivity contribution in [3.8, 4) is 0 Å². The predicted molar refractivity (Wildman–Crippen MR) is 105 cm³/mol. The number of allylic oxidation sites excluding steroid dienone is 5. The third kappa shape index (κ3) is 3.82. The summed E-state index contributed by atoms with van der Waals surface area (Å²) in [5.41, 5.74) is 2.41. The number of amidine groups is 2. The molecule has 0 N–H and O–H groups in total. The van der Waals surface area contributed by atoms with Crippen LogP contribution in [0.5, 0.6) is 0 Å². The molecule has 3 heteroatoms. The van der Waals surface area contributed by atoms with Crippen LogP contribution in [0.4, 0.5) is 0 Å². The Kier molecular flexibility index (Phi) is 5.12. The van der Waals surface area contributed by atoms with Crippen LogP contribution in [0.1, 0.15) is 61.8 Å². The first-order valence-electron chi connectivity index (χ1n) is 8.89. The van der Waals surface area contributed by atoms with Crippen LogP contribution >= 0.6 is 0 Å². The molecule has 0 aromatic heterocycles. The lowest BCUT2D eigenvalue weighted by Crippen LogP contribution is -2.48. The molecule has 2 aliphatic rings. The minimum atomic E-state index is 0.0286. The van der Waals surface area contributed by atoms with Crippen LogP contribution in [-0.2, 0) is 0 Å². The molecule has 0 aromatic carbocycles. The summed E-state index contributed by atoms with van der Waals surface area (Å²) in [7, 11) is 0. The average molecular weight is 327 g/mol. The van der Waals surface area contributed by atoms with Gasteiger partial charge < -0.3 is 0 Å². The molecule has 1 atom stereocenters. The van der Waals surface area contributed by atoms with Crippen LogP contribution in [0.3, 0.4) is 0 Å². The van der Waals surface area contributed by atoms with Crippen molar-refractivity contribution in [2.75, 3.05) is 0 Å². The van der Waals surface area contributed by atoms with E-state index in [9.17, 15) is 0 Å². The van der Waals surface area contributed by atoms with E-state index in [1.54, 1.807) is 0 Å². The van der Waals surface area contributed by atoms with E-state index in [0.717, 1.165) is 23.8 Å². The fourth-order valence-corrected chi connectivity index (χ4v) is 2.81. The summed E-state index contributed by atoms with van der Waals surface area (Å²) in [5.74, 6) is 2.73. The number of nitrogens with zero attached hydrogens (tertiary/aromatic N) is 3. The summed E-state index contributed by atoms with van der Waals surface area (Å²) in [4.78, 5) is 9.53. The Balaban J connectivity index is 2.43. The number of rotatable bonds is 3. The zero-order valence-corrected chi connectivity index (χ0v) is 16.5. The smallest absolute Gasteiger partial charge is 0.252 e. The first kappa shape index (κ1) is 18.6. The molecule has 2 rings (SSSR count). The quantitative estimate of drug-likeness (QED) is 0.493. The van der Waals surface area contributed by atoms with E-state index >= 15 is 0 Å². The van der Waals surface area contributed by atoms with Gasteiger partial charge in [-0.15, -0.1) is 0 Å². The summed E-state index contributed by atoms with van der Waals surface area (Å²) >= 11 is 0. The molecule has 0 bridgehead atoms. The highest BCUT2D eigenvalue weighted by atomic mass is 15.3. The lowest BCUT2D eigenvalue weighted by Gasteiger charge is -2.33. The first-order valence-corrected chi connectivity index (χ1v) is 8.89. The number of hydrogen-bond donors (Lipinski definition) is 0. The summed E-state index contributed by atoms with van der Waals surface area (Å²) < 4.78 is 2.34. The van der Waals surface area contributed by atoms with Gasteiger partial charge in [-0.25, -0.2) is 0 Å². The maximum atomic E-state index is 4.88. The molecule has 1 unspecified atom stereocenters. The lowest BCUT2D eigenvalue weighted by molar-refractivity contribution is -0.373. The molecule has 130 valence electrons. The Hall–Kier alpha value is -1.77. The molecule has 0 aromatic rings. The standard InChI is InChI=1S/C21H32N3/c1-9-10-13-22-17-14-16(12-11-15(17)2)24-18(20(3,4)5)23-19(24)21(6,7)8/h9-10,12-15H,11H2,1-8H3/q+1/b10-9-,22-13?. The Morgan fingerprint density at radius 2 is 1.83 bits per heavy atom. The minimum absolute atomic E-state index is 0.0286. The van der Waals surface area contributed by atoms with Crippen molar-refractivity contribution in [2.24, 2.45) is 26.7 Å². The normalized spacial score (nSPS) is 22.7. The molecule has 3 nitrogen and oxygen atoms in total. The molecule has 0 spiro atoms. The second-order valence-electron chi connectivity index (χ2n) is 8.73. The van der Waals surface area contributed by atoms with Gasteiger partial charge in [0.05, 0.1) is 10.8 Å². The van der Waals surface area contributed by atoms with Gasteiger partial charge in [-0.3, -0.25) is 4.99 Å². The van der Waals surface area contributed by atoms with E-state index in [1.807, 2.05) is 25.3 Å². The average Bonchev–Trinajstić information content (AvgIpc) is 2.38. The van der Waals surface area contributed by atoms with E-state index in [-0.39, 0.29) is 10.8 Å². The minimum Gasteiger partial charge on any atom is -0.261 e. The molecular weight excluding hydrogens is 294 g/mol. The van der Waals surface area contributed by atoms with Gasteiger partial charge >= 0.3 is 0 Å². The van der Waals surface area contributed by atoms with Crippen LogP contribution in [-0.4, -0.2) is 22.5 Å². The highest BCUT2D eigenvalue weighted by Gasteiger charge is 2.44. The topological polar surface area (TPSA) is 27.7 Å². The van der Waals surface area contributed by atoms with Crippen molar-refractivity contribution < 1.29 is 4.58 Å². The van der Waals surface area contributed by atoms with Crippen LogP contribution in [0.2, 0.25) is 0 Å². The summed E-state index contributed by atoms with van der Waals surface area (Å²) in [5, 5.41) is 0.